The van der Waals surface area contributed by atoms with E-state index < -0.39 is 11.6 Å². The summed E-state index contributed by atoms with van der Waals surface area (Å²) in [4.78, 5) is 8.41. The smallest absolute Gasteiger partial charge is 0.229 e. The van der Waals surface area contributed by atoms with Crippen LogP contribution in [0.15, 0.2) is 49.2 Å². The van der Waals surface area contributed by atoms with Gasteiger partial charge in [-0.2, -0.15) is 15.2 Å². The number of aryl methyl sites for hydroxylation is 1. The van der Waals surface area contributed by atoms with Crippen LogP contribution in [0.2, 0.25) is 5.02 Å². The van der Waals surface area contributed by atoms with Crippen LogP contribution in [0.3, 0.4) is 0 Å². The normalized spacial score (nSPS) is 10.9. The van der Waals surface area contributed by atoms with Gasteiger partial charge in [-0.15, -0.1) is 0 Å². The van der Waals surface area contributed by atoms with Crippen molar-refractivity contribution in [2.24, 2.45) is 7.05 Å². The molecule has 0 amide bonds. The molecule has 0 radical (unpaired) electrons. The largest absolute Gasteiger partial charge is 0.364 e. The highest BCUT2D eigenvalue weighted by Crippen LogP contribution is 2.23. The molecule has 0 spiro atoms. The predicted molar refractivity (Wildman–Crippen MR) is 109 cm³/mol. The topological polar surface area (TPSA) is 85.5 Å². The van der Waals surface area contributed by atoms with Gasteiger partial charge in [0.25, 0.3) is 0 Å². The molecule has 154 valence electrons. The molecule has 8 nitrogen and oxygen atoms in total. The lowest BCUT2D eigenvalue weighted by Gasteiger charge is -2.10. The minimum atomic E-state index is -0.646. The van der Waals surface area contributed by atoms with E-state index in [1.807, 2.05) is 13.2 Å². The molecular formula is C19H17ClF2N8. The summed E-state index contributed by atoms with van der Waals surface area (Å²) in [5.41, 5.74) is 1.59. The summed E-state index contributed by atoms with van der Waals surface area (Å²) in [6.07, 6.45) is 8.51. The van der Waals surface area contributed by atoms with Gasteiger partial charge in [-0.1, -0.05) is 17.7 Å². The maximum Gasteiger partial charge on any atom is 0.229 e. The zero-order chi connectivity index (χ0) is 21.1. The Morgan fingerprint density at radius 1 is 1.07 bits per heavy atom. The van der Waals surface area contributed by atoms with Crippen molar-refractivity contribution in [3.8, 4) is 0 Å². The van der Waals surface area contributed by atoms with Crippen molar-refractivity contribution >= 4 is 29.1 Å². The predicted octanol–water partition coefficient (Wildman–Crippen LogP) is 3.74. The number of nitrogens with zero attached hydrogens (tertiary/aromatic N) is 6. The molecule has 3 aromatic heterocycles. The first-order valence-electron chi connectivity index (χ1n) is 8.94. The first-order chi connectivity index (χ1) is 14.5. The minimum absolute atomic E-state index is 0.0987. The van der Waals surface area contributed by atoms with Crippen molar-refractivity contribution in [3.63, 3.8) is 0 Å². The first kappa shape index (κ1) is 19.8. The molecule has 0 aliphatic rings. The van der Waals surface area contributed by atoms with Gasteiger partial charge in [0.2, 0.25) is 5.95 Å². The van der Waals surface area contributed by atoms with Crippen LogP contribution in [0.1, 0.15) is 11.1 Å². The van der Waals surface area contributed by atoms with E-state index in [4.69, 9.17) is 11.6 Å². The van der Waals surface area contributed by atoms with Gasteiger partial charge in [-0.25, -0.2) is 13.8 Å². The summed E-state index contributed by atoms with van der Waals surface area (Å²) in [6.45, 7) is 0.454. The van der Waals surface area contributed by atoms with E-state index in [0.717, 1.165) is 5.56 Å². The van der Waals surface area contributed by atoms with Crippen molar-refractivity contribution < 1.29 is 8.78 Å². The Kier molecular flexibility index (Phi) is 5.57. The average molecular weight is 431 g/mol. The van der Waals surface area contributed by atoms with Gasteiger partial charge < -0.3 is 10.6 Å². The molecule has 0 unspecified atom stereocenters. The highest BCUT2D eigenvalue weighted by Gasteiger charge is 2.11. The monoisotopic (exact) mass is 430 g/mol. The van der Waals surface area contributed by atoms with Gasteiger partial charge in [0.1, 0.15) is 16.7 Å². The number of hydrogen-bond acceptors (Lipinski definition) is 6. The van der Waals surface area contributed by atoms with Crippen molar-refractivity contribution in [1.82, 2.24) is 29.5 Å². The van der Waals surface area contributed by atoms with Gasteiger partial charge >= 0.3 is 0 Å². The fraction of sp³-hybridized carbons (Fsp3) is 0.158. The first-order valence-corrected chi connectivity index (χ1v) is 9.32. The number of anilines is 3. The Morgan fingerprint density at radius 3 is 2.60 bits per heavy atom. The molecule has 1 aromatic carbocycles. The molecule has 2 N–H and O–H groups in total. The summed E-state index contributed by atoms with van der Waals surface area (Å²) < 4.78 is 31.1. The lowest BCUT2D eigenvalue weighted by molar-refractivity contribution is 0.560. The van der Waals surface area contributed by atoms with E-state index in [2.05, 4.69) is 30.8 Å². The fourth-order valence-electron chi connectivity index (χ4n) is 2.81. The highest BCUT2D eigenvalue weighted by molar-refractivity contribution is 6.32. The molecule has 3 heterocycles. The molecule has 0 bridgehead atoms. The summed E-state index contributed by atoms with van der Waals surface area (Å²) in [6, 6.07) is 3.69. The molecule has 30 heavy (non-hydrogen) atoms. The van der Waals surface area contributed by atoms with Crippen LogP contribution in [-0.4, -0.2) is 29.5 Å². The maximum absolute atomic E-state index is 13.8. The Bertz CT molecular complexity index is 1150. The van der Waals surface area contributed by atoms with Crippen LogP contribution in [0.4, 0.5) is 26.2 Å². The maximum atomic E-state index is 13.8. The molecule has 4 rings (SSSR count). The Labute approximate surface area is 175 Å². The van der Waals surface area contributed by atoms with Gasteiger partial charge in [-0.05, 0) is 12.1 Å². The fourth-order valence-corrected chi connectivity index (χ4v) is 2.97. The van der Waals surface area contributed by atoms with Crippen LogP contribution in [-0.2, 0) is 20.1 Å². The third kappa shape index (κ3) is 4.54. The molecule has 0 aliphatic heterocycles. The number of hydrogen-bond donors (Lipinski definition) is 2. The van der Waals surface area contributed by atoms with Crippen molar-refractivity contribution in [2.75, 3.05) is 10.6 Å². The van der Waals surface area contributed by atoms with E-state index in [1.165, 1.54) is 24.4 Å². The molecule has 0 saturated carbocycles. The van der Waals surface area contributed by atoms with Crippen molar-refractivity contribution in [1.29, 1.82) is 0 Å². The summed E-state index contributed by atoms with van der Waals surface area (Å²) in [7, 11) is 1.85. The number of rotatable bonds is 7. The third-order valence-corrected chi connectivity index (χ3v) is 4.51. The summed E-state index contributed by atoms with van der Waals surface area (Å²) >= 11 is 6.11. The van der Waals surface area contributed by atoms with Crippen LogP contribution in [0, 0.1) is 11.6 Å². The highest BCUT2D eigenvalue weighted by atomic mass is 35.5. The molecule has 4 aromatic rings. The zero-order valence-corrected chi connectivity index (χ0v) is 16.6. The van der Waals surface area contributed by atoms with Crippen LogP contribution in [0.25, 0.3) is 0 Å². The van der Waals surface area contributed by atoms with E-state index in [-0.39, 0.29) is 28.9 Å². The average Bonchev–Trinajstić information content (AvgIpc) is 3.32. The van der Waals surface area contributed by atoms with Gasteiger partial charge in [-0.3, -0.25) is 9.36 Å². The van der Waals surface area contributed by atoms with Gasteiger partial charge in [0, 0.05) is 37.1 Å². The van der Waals surface area contributed by atoms with Gasteiger partial charge in [0.15, 0.2) is 5.82 Å². The van der Waals surface area contributed by atoms with Gasteiger partial charge in [0.05, 0.1) is 30.8 Å². The van der Waals surface area contributed by atoms with E-state index in [9.17, 15) is 8.78 Å². The second kappa shape index (κ2) is 8.46. The lowest BCUT2D eigenvalue weighted by atomic mass is 10.2. The van der Waals surface area contributed by atoms with Crippen molar-refractivity contribution in [3.05, 3.63) is 77.0 Å². The second-order valence-corrected chi connectivity index (χ2v) is 6.92. The van der Waals surface area contributed by atoms with Crippen LogP contribution >= 0.6 is 11.6 Å². The Balaban J connectivity index is 1.44. The van der Waals surface area contributed by atoms with Crippen LogP contribution < -0.4 is 10.6 Å². The van der Waals surface area contributed by atoms with E-state index in [0.29, 0.717) is 12.2 Å². The molecular weight excluding hydrogens is 414 g/mol. The third-order valence-electron chi connectivity index (χ3n) is 4.23. The zero-order valence-electron chi connectivity index (χ0n) is 15.9. The second-order valence-electron chi connectivity index (χ2n) is 6.52. The van der Waals surface area contributed by atoms with Crippen molar-refractivity contribution in [2.45, 2.75) is 13.1 Å². The standard InChI is InChI=1S/C19H17ClF2N8/c1-29-9-12(5-25-29)10-30-11-13(6-26-30)27-19-24-8-15(20)18(28-19)23-7-14-16(21)3-2-4-17(14)22/h2-6,8-9,11H,7,10H2,1H3,(H2,23,24,27,28). The molecule has 0 fully saturated rings. The summed E-state index contributed by atoms with van der Waals surface area (Å²) in [5.74, 6) is -0.782. The van der Waals surface area contributed by atoms with E-state index in [1.54, 1.807) is 28.0 Å². The quantitative estimate of drug-likeness (QED) is 0.464. The lowest BCUT2D eigenvalue weighted by Crippen LogP contribution is -2.08. The SMILES string of the molecule is Cn1cc(Cn2cc(Nc3ncc(Cl)c(NCc4c(F)cccc4F)n3)cn2)cn1. The van der Waals surface area contributed by atoms with E-state index >= 15 is 0 Å². The Hall–Kier alpha value is -3.53. The number of benzene rings is 1. The number of nitrogens with one attached hydrogen (secondary N) is 2. The molecule has 11 heteroatoms. The molecule has 0 atom stereocenters. The minimum Gasteiger partial charge on any atom is -0.364 e. The Morgan fingerprint density at radius 2 is 1.87 bits per heavy atom. The molecule has 0 aliphatic carbocycles. The number of aromatic nitrogens is 6. The number of halogens is 3. The van der Waals surface area contributed by atoms with Crippen LogP contribution in [0.5, 0.6) is 0 Å². The molecule has 0 saturated heterocycles. The summed E-state index contributed by atoms with van der Waals surface area (Å²) in [5, 5.41) is 14.5.